The van der Waals surface area contributed by atoms with Crippen molar-refractivity contribution in [2.24, 2.45) is 5.11 Å². The molecule has 2 N–H and O–H groups in total. The number of hydrogen-bond acceptors (Lipinski definition) is 3. The van der Waals surface area contributed by atoms with Crippen LogP contribution in [-0.4, -0.2) is 5.11 Å². The monoisotopic (exact) mass is 535 g/mol. The molecule has 0 fully saturated rings. The van der Waals surface area contributed by atoms with Gasteiger partial charge in [-0.2, -0.15) is 0 Å². The number of nitrogens with one attached hydrogen (secondary N) is 2. The first kappa shape index (κ1) is 19.2. The van der Waals surface area contributed by atoms with E-state index in [0.717, 1.165) is 37.5 Å². The molecule has 0 aromatic heterocycles. The molecule has 0 aliphatic heterocycles. The third-order valence-electron chi connectivity index (χ3n) is 3.18. The van der Waals surface area contributed by atoms with Gasteiger partial charge in [-0.3, -0.25) is 10.4 Å². The second-order valence-electron chi connectivity index (χ2n) is 5.02. The molecule has 3 aromatic rings. The number of benzene rings is 3. The van der Waals surface area contributed by atoms with Crippen molar-refractivity contribution in [1.29, 1.82) is 5.53 Å². The topological polar surface area (TPSA) is 51.5 Å². The predicted octanol–water partition coefficient (Wildman–Crippen LogP) is 4.50. The SMILES string of the molecule is N=NC(=S)NN(c1ccccc1)c1ccccc1.[Hg+][c]1ccccc1. The summed E-state index contributed by atoms with van der Waals surface area (Å²) in [5.74, 6) is 0. The van der Waals surface area contributed by atoms with Crippen molar-refractivity contribution in [2.75, 3.05) is 5.01 Å². The zero-order valence-electron chi connectivity index (χ0n) is 13.7. The summed E-state index contributed by atoms with van der Waals surface area (Å²) in [4.78, 5) is 0. The fourth-order valence-corrected chi connectivity index (χ4v) is 3.18. The van der Waals surface area contributed by atoms with Crippen LogP contribution >= 0.6 is 12.2 Å². The van der Waals surface area contributed by atoms with Crippen LogP contribution in [0.2, 0.25) is 0 Å². The number of hydrazine groups is 1. The molecule has 0 saturated heterocycles. The van der Waals surface area contributed by atoms with Gasteiger partial charge in [-0.1, -0.05) is 36.4 Å². The van der Waals surface area contributed by atoms with E-state index in [2.05, 4.69) is 40.9 Å². The molecule has 120 valence electrons. The molecule has 3 aromatic carbocycles. The van der Waals surface area contributed by atoms with Crippen molar-refractivity contribution < 1.29 is 26.1 Å². The molecule has 6 heteroatoms. The molecule has 0 radical (unpaired) electrons. The van der Waals surface area contributed by atoms with E-state index in [1.807, 2.05) is 60.7 Å². The molecule has 0 saturated carbocycles. The second-order valence-corrected chi connectivity index (χ2v) is 8.58. The van der Waals surface area contributed by atoms with Crippen molar-refractivity contribution in [3.63, 3.8) is 0 Å². The van der Waals surface area contributed by atoms with Gasteiger partial charge in [-0.25, -0.2) is 5.53 Å². The van der Waals surface area contributed by atoms with Gasteiger partial charge in [-0.15, -0.1) is 5.11 Å². The molecule has 3 rings (SSSR count). The molecule has 0 unspecified atom stereocenters. The first-order valence-corrected chi connectivity index (χ1v) is 10.8. The van der Waals surface area contributed by atoms with Gasteiger partial charge in [0, 0.05) is 0 Å². The van der Waals surface area contributed by atoms with Gasteiger partial charge in [0.15, 0.2) is 0 Å². The fourth-order valence-electron chi connectivity index (χ4n) is 2.03. The van der Waals surface area contributed by atoms with Crippen molar-refractivity contribution in [1.82, 2.24) is 5.43 Å². The van der Waals surface area contributed by atoms with E-state index in [4.69, 9.17) is 17.7 Å². The molecule has 25 heavy (non-hydrogen) atoms. The average molecular weight is 534 g/mol. The Bertz CT molecular complexity index is 743. The number of anilines is 2. The molecule has 0 atom stereocenters. The summed E-state index contributed by atoms with van der Waals surface area (Å²) in [7, 11) is 0. The van der Waals surface area contributed by atoms with Crippen LogP contribution in [0.3, 0.4) is 0 Å². The maximum atomic E-state index is 6.92. The zero-order valence-corrected chi connectivity index (χ0v) is 20.0. The summed E-state index contributed by atoms with van der Waals surface area (Å²) < 4.78 is 1.52. The van der Waals surface area contributed by atoms with Gasteiger partial charge in [0.2, 0.25) is 5.11 Å². The van der Waals surface area contributed by atoms with Crippen LogP contribution in [0.25, 0.3) is 0 Å². The van der Waals surface area contributed by atoms with Crippen LogP contribution < -0.4 is 13.5 Å². The fraction of sp³-hybridized carbons (Fsp3) is 0. The van der Waals surface area contributed by atoms with Gasteiger partial charge in [0.05, 0.1) is 11.4 Å². The molecule has 0 heterocycles. The van der Waals surface area contributed by atoms with E-state index in [0.29, 0.717) is 0 Å². The number of para-hydroxylation sites is 2. The first-order chi connectivity index (χ1) is 12.2. The van der Waals surface area contributed by atoms with Gasteiger partial charge < -0.3 is 0 Å². The Kier molecular flexibility index (Phi) is 8.21. The summed E-state index contributed by atoms with van der Waals surface area (Å²) >= 11 is 5.73. The predicted molar refractivity (Wildman–Crippen MR) is 102 cm³/mol. The molecule has 0 bridgehead atoms. The first-order valence-electron chi connectivity index (χ1n) is 7.66. The zero-order chi connectivity index (χ0) is 17.9. The van der Waals surface area contributed by atoms with E-state index in [1.54, 1.807) is 5.01 Å². The van der Waals surface area contributed by atoms with E-state index in [9.17, 15) is 0 Å². The van der Waals surface area contributed by atoms with E-state index in [1.165, 1.54) is 3.07 Å². The Morgan fingerprint density at radius 2 is 1.20 bits per heavy atom. The Morgan fingerprint density at radius 1 is 0.800 bits per heavy atom. The number of nitrogens with zero attached hydrogens (tertiary/aromatic N) is 2. The molecule has 0 aliphatic carbocycles. The van der Waals surface area contributed by atoms with Gasteiger partial charge in [-0.05, 0) is 36.5 Å². The normalized spacial score (nSPS) is 9.36. The number of thiocarbonyl (C=S) groups is 1. The van der Waals surface area contributed by atoms with Crippen LogP contribution in [0.5, 0.6) is 0 Å². The third kappa shape index (κ3) is 6.72. The van der Waals surface area contributed by atoms with Crippen LogP contribution in [0.4, 0.5) is 11.4 Å². The van der Waals surface area contributed by atoms with Gasteiger partial charge in [0.1, 0.15) is 0 Å². The van der Waals surface area contributed by atoms with Crippen molar-refractivity contribution in [2.45, 2.75) is 0 Å². The Hall–Kier alpha value is -2.11. The Labute approximate surface area is 169 Å². The molecule has 4 nitrogen and oxygen atoms in total. The minimum absolute atomic E-state index is 0.114. The maximum absolute atomic E-state index is 6.92. The summed E-state index contributed by atoms with van der Waals surface area (Å²) in [6.07, 6.45) is 0. The summed E-state index contributed by atoms with van der Waals surface area (Å²) in [5, 5.41) is 5.11. The molecular weight excluding hydrogens is 517 g/mol. The van der Waals surface area contributed by atoms with Crippen LogP contribution in [0.15, 0.2) is 96.1 Å². The second kappa shape index (κ2) is 10.7. The van der Waals surface area contributed by atoms with Crippen molar-refractivity contribution >= 4 is 31.8 Å². The molecule has 0 amide bonds. The van der Waals surface area contributed by atoms with E-state index in [-0.39, 0.29) is 5.11 Å². The van der Waals surface area contributed by atoms with E-state index >= 15 is 0 Å². The van der Waals surface area contributed by atoms with E-state index < -0.39 is 0 Å². The summed E-state index contributed by atoms with van der Waals surface area (Å²) in [5.41, 5.74) is 11.7. The van der Waals surface area contributed by atoms with Gasteiger partial charge in [0.25, 0.3) is 0 Å². The number of rotatable bonds is 3. The van der Waals surface area contributed by atoms with Crippen LogP contribution in [0.1, 0.15) is 0 Å². The van der Waals surface area contributed by atoms with Crippen LogP contribution in [-0.2, 0) is 26.1 Å². The molecule has 0 spiro atoms. The summed E-state index contributed by atoms with van der Waals surface area (Å²) in [6.45, 7) is 0. The van der Waals surface area contributed by atoms with Crippen LogP contribution in [0, 0.1) is 5.53 Å². The van der Waals surface area contributed by atoms with Gasteiger partial charge >= 0.3 is 59.5 Å². The minimum atomic E-state index is 0.114. The average Bonchev–Trinajstić information content (AvgIpc) is 2.68. The quantitative estimate of drug-likeness (QED) is 0.225. The Balaban J connectivity index is 0.000000269. The number of hydrogen-bond donors (Lipinski definition) is 2. The molecule has 0 aliphatic rings. The standard InChI is InChI=1S/C13H12N4S.C6H5.Hg/c14-15-13(18)16-17(11-7-3-1-4-8-11)12-9-5-2-6-10-12;1-2-4-6-5-3-1;/h1-10,14H,(H,16,18);1-5H;/q;;+1. The molecular formula is C19H17HgN4S+. The van der Waals surface area contributed by atoms with Crippen molar-refractivity contribution in [3.05, 3.63) is 91.0 Å². The Morgan fingerprint density at radius 3 is 1.52 bits per heavy atom. The third-order valence-corrected chi connectivity index (χ3v) is 5.20. The van der Waals surface area contributed by atoms with Crippen molar-refractivity contribution in [3.8, 4) is 0 Å². The summed E-state index contributed by atoms with van der Waals surface area (Å²) in [6, 6.07) is 30.0.